The minimum absolute atomic E-state index is 0.296. The van der Waals surface area contributed by atoms with Crippen LogP contribution < -0.4 is 4.90 Å². The van der Waals surface area contributed by atoms with E-state index in [0.717, 1.165) is 5.56 Å². The van der Waals surface area contributed by atoms with Crippen molar-refractivity contribution in [3.05, 3.63) is 29.7 Å². The molecule has 22 heavy (non-hydrogen) atoms. The van der Waals surface area contributed by atoms with Crippen LogP contribution in [0.4, 0.5) is 5.69 Å². The highest BCUT2D eigenvalue weighted by Crippen LogP contribution is 2.27. The van der Waals surface area contributed by atoms with Crippen LogP contribution in [0, 0.1) is 13.8 Å². The molecule has 0 radical (unpaired) electrons. The van der Waals surface area contributed by atoms with Crippen LogP contribution in [0.5, 0.6) is 0 Å². The number of aryl methyl sites for hydroxylation is 2. The van der Waals surface area contributed by atoms with Gasteiger partial charge >= 0.3 is 11.9 Å². The normalized spacial score (nSPS) is 10.5. The van der Waals surface area contributed by atoms with Crippen LogP contribution in [0.3, 0.4) is 0 Å². The monoisotopic (exact) mass is 305 g/mol. The highest BCUT2D eigenvalue weighted by Gasteiger charge is 2.18. The van der Waals surface area contributed by atoms with Crippen molar-refractivity contribution in [3.63, 3.8) is 0 Å². The van der Waals surface area contributed by atoms with E-state index in [-0.39, 0.29) is 0 Å². The van der Waals surface area contributed by atoms with E-state index < -0.39 is 25.0 Å². The molecular weight excluding hydrogens is 290 g/mol. The third-order valence-electron chi connectivity index (χ3n) is 2.98. The van der Waals surface area contributed by atoms with Crippen molar-refractivity contribution in [2.45, 2.75) is 13.8 Å². The van der Waals surface area contributed by atoms with Gasteiger partial charge in [-0.05, 0) is 24.6 Å². The number of carboxylic acids is 2. The first-order chi connectivity index (χ1) is 10.4. The number of aromatic nitrogens is 2. The van der Waals surface area contributed by atoms with Crippen LogP contribution >= 0.6 is 0 Å². The summed E-state index contributed by atoms with van der Waals surface area (Å²) in [5, 5.41) is 25.6. The number of aliphatic carboxylic acids is 2. The van der Waals surface area contributed by atoms with Crippen molar-refractivity contribution in [3.8, 4) is 11.5 Å². The average Bonchev–Trinajstić information content (AvgIpc) is 2.84. The van der Waals surface area contributed by atoms with Gasteiger partial charge in [0.25, 0.3) is 0 Å². The number of hydrogen-bond donors (Lipinski definition) is 2. The molecular formula is C14H15N3O5. The molecule has 0 saturated carbocycles. The predicted octanol–water partition coefficient (Wildman–Crippen LogP) is 1.33. The van der Waals surface area contributed by atoms with Gasteiger partial charge in [0.2, 0.25) is 11.8 Å². The maximum absolute atomic E-state index is 11.0. The molecule has 2 N–H and O–H groups in total. The van der Waals surface area contributed by atoms with Crippen molar-refractivity contribution >= 4 is 17.6 Å². The van der Waals surface area contributed by atoms with Gasteiger partial charge in [-0.25, -0.2) is 0 Å². The number of rotatable bonds is 6. The Hall–Kier alpha value is -2.90. The van der Waals surface area contributed by atoms with E-state index in [1.54, 1.807) is 32.0 Å². The Kier molecular flexibility index (Phi) is 4.40. The fourth-order valence-electron chi connectivity index (χ4n) is 2.05. The predicted molar refractivity (Wildman–Crippen MR) is 76.7 cm³/mol. The van der Waals surface area contributed by atoms with Gasteiger partial charge in [-0.3, -0.25) is 9.59 Å². The van der Waals surface area contributed by atoms with Crippen LogP contribution in [0.15, 0.2) is 22.6 Å². The number of carbonyl (C=O) groups is 2. The van der Waals surface area contributed by atoms with E-state index in [0.29, 0.717) is 23.0 Å². The summed E-state index contributed by atoms with van der Waals surface area (Å²) in [5.41, 5.74) is 1.85. The SMILES string of the molecule is Cc1nnc(-c2ccc(C)c(N(CC(=O)O)CC(=O)O)c2)o1. The second-order valence-corrected chi connectivity index (χ2v) is 4.77. The summed E-state index contributed by atoms with van der Waals surface area (Å²) in [6, 6.07) is 5.15. The maximum atomic E-state index is 11.0. The number of carboxylic acid groups (broad SMARTS) is 2. The standard InChI is InChI=1S/C14H15N3O5/c1-8-3-4-10(14-16-15-9(2)22-14)5-11(8)17(6-12(18)19)7-13(20)21/h3-5H,6-7H2,1-2H3,(H,18,19)(H,20,21). The van der Waals surface area contributed by atoms with E-state index >= 15 is 0 Å². The molecule has 1 aromatic carbocycles. The topological polar surface area (TPSA) is 117 Å². The fraction of sp³-hybridized carbons (Fsp3) is 0.286. The second-order valence-electron chi connectivity index (χ2n) is 4.77. The molecule has 8 heteroatoms. The first kappa shape index (κ1) is 15.5. The van der Waals surface area contributed by atoms with Crippen molar-refractivity contribution in [1.29, 1.82) is 0 Å². The van der Waals surface area contributed by atoms with Crippen LogP contribution in [-0.4, -0.2) is 45.4 Å². The lowest BCUT2D eigenvalue weighted by Crippen LogP contribution is -2.34. The zero-order chi connectivity index (χ0) is 16.3. The lowest BCUT2D eigenvalue weighted by molar-refractivity contribution is -0.136. The lowest BCUT2D eigenvalue weighted by atomic mass is 10.1. The molecule has 2 rings (SSSR count). The molecule has 0 aliphatic rings. The molecule has 0 aliphatic heterocycles. The molecule has 0 bridgehead atoms. The summed E-state index contributed by atoms with van der Waals surface area (Å²) in [7, 11) is 0. The molecule has 1 aromatic heterocycles. The van der Waals surface area contributed by atoms with Crippen LogP contribution in [-0.2, 0) is 9.59 Å². The fourth-order valence-corrected chi connectivity index (χ4v) is 2.05. The first-order valence-corrected chi connectivity index (χ1v) is 6.46. The smallest absolute Gasteiger partial charge is 0.323 e. The molecule has 0 unspecified atom stereocenters. The molecule has 116 valence electrons. The van der Waals surface area contributed by atoms with Gasteiger partial charge in [-0.15, -0.1) is 10.2 Å². The summed E-state index contributed by atoms with van der Waals surface area (Å²) >= 11 is 0. The van der Waals surface area contributed by atoms with Crippen LogP contribution in [0.2, 0.25) is 0 Å². The Morgan fingerprint density at radius 3 is 2.27 bits per heavy atom. The summed E-state index contributed by atoms with van der Waals surface area (Å²) in [6.07, 6.45) is 0. The summed E-state index contributed by atoms with van der Waals surface area (Å²) in [4.78, 5) is 23.2. The van der Waals surface area contributed by atoms with Crippen molar-refractivity contribution in [1.82, 2.24) is 10.2 Å². The quantitative estimate of drug-likeness (QED) is 0.820. The number of anilines is 1. The van der Waals surface area contributed by atoms with E-state index in [4.69, 9.17) is 14.6 Å². The number of nitrogens with zero attached hydrogens (tertiary/aromatic N) is 3. The highest BCUT2D eigenvalue weighted by atomic mass is 16.4. The maximum Gasteiger partial charge on any atom is 0.323 e. The van der Waals surface area contributed by atoms with E-state index in [1.807, 2.05) is 0 Å². The van der Waals surface area contributed by atoms with Crippen LogP contribution in [0.1, 0.15) is 11.5 Å². The third kappa shape index (κ3) is 3.60. The zero-order valence-corrected chi connectivity index (χ0v) is 12.1. The van der Waals surface area contributed by atoms with Gasteiger partial charge in [0, 0.05) is 18.2 Å². The van der Waals surface area contributed by atoms with Crippen molar-refractivity contribution < 1.29 is 24.2 Å². The van der Waals surface area contributed by atoms with Crippen molar-refractivity contribution in [2.75, 3.05) is 18.0 Å². The van der Waals surface area contributed by atoms with Crippen LogP contribution in [0.25, 0.3) is 11.5 Å². The number of hydrogen-bond acceptors (Lipinski definition) is 6. The van der Waals surface area contributed by atoms with Gasteiger partial charge in [0.15, 0.2) is 0 Å². The lowest BCUT2D eigenvalue weighted by Gasteiger charge is -2.23. The first-order valence-electron chi connectivity index (χ1n) is 6.46. The Morgan fingerprint density at radius 1 is 1.14 bits per heavy atom. The molecule has 0 saturated heterocycles. The Morgan fingerprint density at radius 2 is 1.77 bits per heavy atom. The molecule has 0 amide bonds. The van der Waals surface area contributed by atoms with E-state index in [2.05, 4.69) is 10.2 Å². The summed E-state index contributed by atoms with van der Waals surface area (Å²) in [5.74, 6) is -1.52. The second kappa shape index (κ2) is 6.25. The highest BCUT2D eigenvalue weighted by molar-refractivity contribution is 5.81. The minimum atomic E-state index is -1.11. The van der Waals surface area contributed by atoms with Crippen molar-refractivity contribution in [2.24, 2.45) is 0 Å². The molecule has 0 aliphatic carbocycles. The Bertz CT molecular complexity index is 694. The van der Waals surface area contributed by atoms with E-state index in [9.17, 15) is 9.59 Å². The summed E-state index contributed by atoms with van der Waals surface area (Å²) < 4.78 is 5.33. The summed E-state index contributed by atoms with van der Waals surface area (Å²) in [6.45, 7) is 2.60. The van der Waals surface area contributed by atoms with Gasteiger partial charge in [-0.1, -0.05) is 6.07 Å². The molecule has 8 nitrogen and oxygen atoms in total. The van der Waals surface area contributed by atoms with Gasteiger partial charge in [0.1, 0.15) is 13.1 Å². The molecule has 0 spiro atoms. The van der Waals surface area contributed by atoms with Gasteiger partial charge in [0.05, 0.1) is 0 Å². The molecule has 1 heterocycles. The average molecular weight is 305 g/mol. The molecule has 2 aromatic rings. The Labute approximate surface area is 126 Å². The van der Waals surface area contributed by atoms with Gasteiger partial charge in [-0.2, -0.15) is 0 Å². The van der Waals surface area contributed by atoms with E-state index in [1.165, 1.54) is 4.90 Å². The third-order valence-corrected chi connectivity index (χ3v) is 2.98. The van der Waals surface area contributed by atoms with Gasteiger partial charge < -0.3 is 19.5 Å². The number of benzene rings is 1. The minimum Gasteiger partial charge on any atom is -0.480 e. The molecule has 0 fully saturated rings. The molecule has 0 atom stereocenters. The zero-order valence-electron chi connectivity index (χ0n) is 12.1. The largest absolute Gasteiger partial charge is 0.480 e. The Balaban J connectivity index is 2.42.